The molecule has 8 nitrogen and oxygen atoms in total. The van der Waals surface area contributed by atoms with Crippen molar-refractivity contribution in [1.82, 2.24) is 25.4 Å². The van der Waals surface area contributed by atoms with E-state index < -0.39 is 11.9 Å². The number of carbonyl (C=O) groups excluding carboxylic acids is 1. The molecule has 2 atom stereocenters. The Hall–Kier alpha value is -2.12. The van der Waals surface area contributed by atoms with Gasteiger partial charge in [0.15, 0.2) is 0 Å². The predicted octanol–water partition coefficient (Wildman–Crippen LogP) is -0.191. The van der Waals surface area contributed by atoms with Gasteiger partial charge in [-0.25, -0.2) is 9.78 Å². The number of nitrogens with zero attached hydrogens (tertiary/aromatic N) is 3. The topological polar surface area (TPSA) is 111 Å². The lowest BCUT2D eigenvalue weighted by molar-refractivity contribution is -0.142. The summed E-state index contributed by atoms with van der Waals surface area (Å²) in [6.07, 6.45) is 1.85. The van der Waals surface area contributed by atoms with E-state index in [1.165, 1.54) is 11.2 Å². The van der Waals surface area contributed by atoms with Gasteiger partial charge < -0.3 is 15.3 Å². The highest BCUT2D eigenvalue weighted by atomic mass is 16.4. The molecule has 1 aromatic rings. The molecule has 1 saturated heterocycles. The summed E-state index contributed by atoms with van der Waals surface area (Å²) in [6.45, 7) is 2.46. The van der Waals surface area contributed by atoms with Crippen molar-refractivity contribution in [2.75, 3.05) is 6.54 Å². The van der Waals surface area contributed by atoms with Crippen molar-refractivity contribution < 1.29 is 14.7 Å². The van der Waals surface area contributed by atoms with Gasteiger partial charge in [-0.2, -0.15) is 5.10 Å². The van der Waals surface area contributed by atoms with Gasteiger partial charge in [0.05, 0.1) is 12.5 Å². The molecule has 1 fully saturated rings. The average molecular weight is 253 g/mol. The van der Waals surface area contributed by atoms with Crippen LogP contribution in [0.4, 0.5) is 4.79 Å². The van der Waals surface area contributed by atoms with Crippen molar-refractivity contribution in [3.8, 4) is 0 Å². The monoisotopic (exact) mass is 253 g/mol. The van der Waals surface area contributed by atoms with Crippen molar-refractivity contribution >= 4 is 12.0 Å². The largest absolute Gasteiger partial charge is 0.481 e. The van der Waals surface area contributed by atoms with Gasteiger partial charge in [-0.3, -0.25) is 9.89 Å². The number of urea groups is 1. The lowest BCUT2D eigenvalue weighted by atomic mass is 10.0. The highest BCUT2D eigenvalue weighted by Gasteiger charge is 2.37. The maximum absolute atomic E-state index is 11.9. The van der Waals surface area contributed by atoms with Crippen molar-refractivity contribution in [2.45, 2.75) is 25.9 Å². The van der Waals surface area contributed by atoms with Crippen LogP contribution in [0.1, 0.15) is 19.2 Å². The Kier molecular flexibility index (Phi) is 3.45. The minimum absolute atomic E-state index is 0.250. The van der Waals surface area contributed by atoms with E-state index in [-0.39, 0.29) is 18.6 Å². The van der Waals surface area contributed by atoms with E-state index in [2.05, 4.69) is 20.5 Å². The molecule has 18 heavy (non-hydrogen) atoms. The molecular formula is C10H15N5O3. The summed E-state index contributed by atoms with van der Waals surface area (Å²) < 4.78 is 0. The Morgan fingerprint density at radius 2 is 2.44 bits per heavy atom. The molecule has 8 heteroatoms. The first-order chi connectivity index (χ1) is 8.59. The number of carboxylic acids is 1. The number of carboxylic acid groups (broad SMARTS) is 1. The molecule has 3 N–H and O–H groups in total. The fraction of sp³-hybridized carbons (Fsp3) is 0.600. The summed E-state index contributed by atoms with van der Waals surface area (Å²) in [4.78, 5) is 28.2. The summed E-state index contributed by atoms with van der Waals surface area (Å²) in [5.74, 6) is -0.779. The first-order valence-electron chi connectivity index (χ1n) is 5.71. The van der Waals surface area contributed by atoms with Crippen LogP contribution in [0.25, 0.3) is 0 Å². The van der Waals surface area contributed by atoms with Crippen LogP contribution in [0, 0.1) is 5.92 Å². The third kappa shape index (κ3) is 2.41. The van der Waals surface area contributed by atoms with Crippen LogP contribution >= 0.6 is 0 Å². The number of hydrogen-bond acceptors (Lipinski definition) is 4. The number of aromatic nitrogens is 3. The van der Waals surface area contributed by atoms with Crippen LogP contribution in [-0.4, -0.2) is 49.8 Å². The van der Waals surface area contributed by atoms with Gasteiger partial charge >= 0.3 is 12.0 Å². The molecule has 0 saturated carbocycles. The third-order valence-electron chi connectivity index (χ3n) is 3.20. The Bertz CT molecular complexity index is 433. The Morgan fingerprint density at radius 3 is 3.00 bits per heavy atom. The zero-order valence-electron chi connectivity index (χ0n) is 9.96. The van der Waals surface area contributed by atoms with Gasteiger partial charge in [-0.05, 0) is 13.3 Å². The van der Waals surface area contributed by atoms with E-state index >= 15 is 0 Å². The maximum Gasteiger partial charge on any atom is 0.318 e. The number of amides is 2. The number of aromatic amines is 1. The molecule has 1 aliphatic heterocycles. The number of carbonyl (C=O) groups is 2. The van der Waals surface area contributed by atoms with Crippen LogP contribution < -0.4 is 5.32 Å². The SMILES string of the molecule is CC1C(C(=O)O)CCN1C(=O)NCc1ncn[nH]1. The molecular weight excluding hydrogens is 238 g/mol. The number of H-pyrrole nitrogens is 1. The maximum atomic E-state index is 11.9. The quantitative estimate of drug-likeness (QED) is 0.691. The molecule has 1 aliphatic rings. The highest BCUT2D eigenvalue weighted by molar-refractivity contribution is 5.78. The molecule has 2 unspecified atom stereocenters. The fourth-order valence-corrected chi connectivity index (χ4v) is 2.13. The summed E-state index contributed by atoms with van der Waals surface area (Å²) >= 11 is 0. The summed E-state index contributed by atoms with van der Waals surface area (Å²) in [5.41, 5.74) is 0. The lowest BCUT2D eigenvalue weighted by Gasteiger charge is -2.23. The number of rotatable bonds is 3. The predicted molar refractivity (Wildman–Crippen MR) is 60.5 cm³/mol. The normalized spacial score (nSPS) is 23.1. The number of likely N-dealkylation sites (tertiary alicyclic amines) is 1. The molecule has 0 bridgehead atoms. The van der Waals surface area contributed by atoms with E-state index in [1.807, 2.05) is 0 Å². The van der Waals surface area contributed by atoms with Gasteiger partial charge in [0.1, 0.15) is 12.2 Å². The van der Waals surface area contributed by atoms with Crippen molar-refractivity contribution in [3.63, 3.8) is 0 Å². The lowest BCUT2D eigenvalue weighted by Crippen LogP contribution is -2.43. The Labute approximate surface area is 103 Å². The highest BCUT2D eigenvalue weighted by Crippen LogP contribution is 2.24. The Morgan fingerprint density at radius 1 is 1.67 bits per heavy atom. The number of aliphatic carboxylic acids is 1. The van der Waals surface area contributed by atoms with Crippen molar-refractivity contribution in [1.29, 1.82) is 0 Å². The van der Waals surface area contributed by atoms with Crippen LogP contribution in [0.2, 0.25) is 0 Å². The van der Waals surface area contributed by atoms with E-state index in [0.29, 0.717) is 18.8 Å². The standard InChI is InChI=1S/C10H15N5O3/c1-6-7(9(16)17)2-3-15(6)10(18)11-4-8-12-5-13-14-8/h5-7H,2-4H2,1H3,(H,11,18)(H,16,17)(H,12,13,14). The van der Waals surface area contributed by atoms with E-state index in [1.54, 1.807) is 6.92 Å². The molecule has 2 heterocycles. The van der Waals surface area contributed by atoms with Crippen LogP contribution in [-0.2, 0) is 11.3 Å². The molecule has 1 aromatic heterocycles. The van der Waals surface area contributed by atoms with E-state index in [9.17, 15) is 9.59 Å². The van der Waals surface area contributed by atoms with Gasteiger partial charge in [-0.15, -0.1) is 0 Å². The third-order valence-corrected chi connectivity index (χ3v) is 3.20. The van der Waals surface area contributed by atoms with Gasteiger partial charge in [0, 0.05) is 12.6 Å². The minimum atomic E-state index is -0.854. The Balaban J connectivity index is 1.88. The zero-order valence-corrected chi connectivity index (χ0v) is 9.96. The first kappa shape index (κ1) is 12.3. The molecule has 0 aliphatic carbocycles. The second-order valence-corrected chi connectivity index (χ2v) is 4.26. The first-order valence-corrected chi connectivity index (χ1v) is 5.71. The van der Waals surface area contributed by atoms with Gasteiger partial charge in [0.25, 0.3) is 0 Å². The molecule has 0 aromatic carbocycles. The van der Waals surface area contributed by atoms with Crippen molar-refractivity contribution in [3.05, 3.63) is 12.2 Å². The fourth-order valence-electron chi connectivity index (χ4n) is 2.13. The van der Waals surface area contributed by atoms with Crippen LogP contribution in [0.3, 0.4) is 0 Å². The molecule has 0 spiro atoms. The van der Waals surface area contributed by atoms with Gasteiger partial charge in [-0.1, -0.05) is 0 Å². The van der Waals surface area contributed by atoms with Crippen molar-refractivity contribution in [2.24, 2.45) is 5.92 Å². The average Bonchev–Trinajstić information content (AvgIpc) is 2.94. The summed E-state index contributed by atoms with van der Waals surface area (Å²) in [6, 6.07) is -0.570. The second-order valence-electron chi connectivity index (χ2n) is 4.26. The zero-order chi connectivity index (χ0) is 13.1. The molecule has 0 radical (unpaired) electrons. The second kappa shape index (κ2) is 5.03. The minimum Gasteiger partial charge on any atom is -0.481 e. The molecule has 2 rings (SSSR count). The van der Waals surface area contributed by atoms with Crippen LogP contribution in [0.15, 0.2) is 6.33 Å². The summed E-state index contributed by atoms with van der Waals surface area (Å²) in [5, 5.41) is 18.0. The number of nitrogens with one attached hydrogen (secondary N) is 2. The van der Waals surface area contributed by atoms with Gasteiger partial charge in [0.2, 0.25) is 0 Å². The molecule has 2 amide bonds. The van der Waals surface area contributed by atoms with E-state index in [0.717, 1.165) is 0 Å². The molecule has 98 valence electrons. The smallest absolute Gasteiger partial charge is 0.318 e. The van der Waals surface area contributed by atoms with Crippen LogP contribution in [0.5, 0.6) is 0 Å². The number of hydrogen-bond donors (Lipinski definition) is 3. The summed E-state index contributed by atoms with van der Waals surface area (Å²) in [7, 11) is 0. The van der Waals surface area contributed by atoms with E-state index in [4.69, 9.17) is 5.11 Å².